The van der Waals surface area contributed by atoms with Gasteiger partial charge in [-0.3, -0.25) is 14.9 Å². The van der Waals surface area contributed by atoms with Crippen LogP contribution in [-0.2, 0) is 6.54 Å². The van der Waals surface area contributed by atoms with Gasteiger partial charge in [-0.2, -0.15) is 0 Å². The molecule has 92 valence electrons. The molecule has 0 unspecified atom stereocenters. The summed E-state index contributed by atoms with van der Waals surface area (Å²) < 4.78 is 1.34. The molecule has 2 aromatic rings. The van der Waals surface area contributed by atoms with Gasteiger partial charge in [-0.05, 0) is 12.5 Å². The Kier molecular flexibility index (Phi) is 3.23. The molecule has 0 spiro atoms. The maximum atomic E-state index is 11.6. The summed E-state index contributed by atoms with van der Waals surface area (Å²) in [5.41, 5.74) is 1.70. The number of aromatic nitrogens is 1. The lowest BCUT2D eigenvalue weighted by molar-refractivity contribution is -0.385. The Labute approximate surface area is 103 Å². The van der Waals surface area contributed by atoms with Crippen molar-refractivity contribution in [3.63, 3.8) is 0 Å². The standard InChI is InChI=1S/C13H12N2O3/c1-10-3-2-4-11(7-10)8-14-9-12(15(17)18)5-6-13(14)16/h2-7,9H,8H2,1H3. The summed E-state index contributed by atoms with van der Waals surface area (Å²) >= 11 is 0. The minimum absolute atomic E-state index is 0.0812. The zero-order valence-electron chi connectivity index (χ0n) is 9.87. The van der Waals surface area contributed by atoms with E-state index in [1.165, 1.54) is 22.9 Å². The number of benzene rings is 1. The van der Waals surface area contributed by atoms with Crippen molar-refractivity contribution in [2.45, 2.75) is 13.5 Å². The van der Waals surface area contributed by atoms with Crippen molar-refractivity contribution < 1.29 is 4.92 Å². The summed E-state index contributed by atoms with van der Waals surface area (Å²) in [5.74, 6) is 0. The smallest absolute Gasteiger partial charge is 0.285 e. The number of hydrogen-bond donors (Lipinski definition) is 0. The van der Waals surface area contributed by atoms with E-state index in [9.17, 15) is 14.9 Å². The first kappa shape index (κ1) is 12.0. The Bertz CT molecular complexity index is 647. The molecular weight excluding hydrogens is 232 g/mol. The van der Waals surface area contributed by atoms with Crippen LogP contribution in [0.4, 0.5) is 5.69 Å². The van der Waals surface area contributed by atoms with Crippen molar-refractivity contribution in [2.75, 3.05) is 0 Å². The molecule has 0 aliphatic heterocycles. The Morgan fingerprint density at radius 3 is 2.72 bits per heavy atom. The topological polar surface area (TPSA) is 65.1 Å². The lowest BCUT2D eigenvalue weighted by Crippen LogP contribution is -2.19. The molecule has 1 heterocycles. The van der Waals surface area contributed by atoms with Crippen LogP contribution in [0.5, 0.6) is 0 Å². The second-order valence-electron chi connectivity index (χ2n) is 4.10. The van der Waals surface area contributed by atoms with Crippen LogP contribution in [0.2, 0.25) is 0 Å². The molecule has 18 heavy (non-hydrogen) atoms. The van der Waals surface area contributed by atoms with Gasteiger partial charge in [0.25, 0.3) is 11.2 Å². The molecule has 0 aliphatic carbocycles. The van der Waals surface area contributed by atoms with Gasteiger partial charge in [0.2, 0.25) is 0 Å². The average Bonchev–Trinajstić information content (AvgIpc) is 2.31. The summed E-state index contributed by atoms with van der Waals surface area (Å²) in [6.07, 6.45) is 1.27. The van der Waals surface area contributed by atoms with Gasteiger partial charge < -0.3 is 4.57 Å². The Hall–Kier alpha value is -2.43. The quantitative estimate of drug-likeness (QED) is 0.613. The Balaban J connectivity index is 2.37. The first-order valence-electron chi connectivity index (χ1n) is 5.47. The molecule has 1 aromatic carbocycles. The third-order valence-corrected chi connectivity index (χ3v) is 2.61. The first-order chi connectivity index (χ1) is 8.56. The second kappa shape index (κ2) is 4.83. The number of aryl methyl sites for hydroxylation is 1. The molecule has 0 N–H and O–H groups in total. The second-order valence-corrected chi connectivity index (χ2v) is 4.10. The van der Waals surface area contributed by atoms with E-state index in [0.717, 1.165) is 11.1 Å². The van der Waals surface area contributed by atoms with Gasteiger partial charge >= 0.3 is 0 Å². The van der Waals surface area contributed by atoms with Crippen molar-refractivity contribution in [1.29, 1.82) is 0 Å². The summed E-state index contributed by atoms with van der Waals surface area (Å²) in [4.78, 5) is 21.8. The summed E-state index contributed by atoms with van der Waals surface area (Å²) in [5, 5.41) is 10.7. The number of rotatable bonds is 3. The van der Waals surface area contributed by atoms with Crippen molar-refractivity contribution in [2.24, 2.45) is 0 Å². The van der Waals surface area contributed by atoms with E-state index < -0.39 is 4.92 Å². The molecule has 1 aromatic heterocycles. The molecule has 0 amide bonds. The van der Waals surface area contributed by atoms with E-state index in [1.807, 2.05) is 31.2 Å². The largest absolute Gasteiger partial charge is 0.304 e. The lowest BCUT2D eigenvalue weighted by atomic mass is 10.1. The van der Waals surface area contributed by atoms with E-state index in [1.54, 1.807) is 0 Å². The van der Waals surface area contributed by atoms with E-state index >= 15 is 0 Å². The monoisotopic (exact) mass is 244 g/mol. The third-order valence-electron chi connectivity index (χ3n) is 2.61. The van der Waals surface area contributed by atoms with Crippen LogP contribution in [0.15, 0.2) is 47.4 Å². The fourth-order valence-electron chi connectivity index (χ4n) is 1.76. The fourth-order valence-corrected chi connectivity index (χ4v) is 1.76. The molecule has 0 radical (unpaired) electrons. The highest BCUT2D eigenvalue weighted by atomic mass is 16.6. The average molecular weight is 244 g/mol. The molecule has 5 heteroatoms. The maximum absolute atomic E-state index is 11.6. The van der Waals surface area contributed by atoms with E-state index in [0.29, 0.717) is 6.54 Å². The minimum Gasteiger partial charge on any atom is -0.304 e. The Morgan fingerprint density at radius 1 is 1.28 bits per heavy atom. The third kappa shape index (κ3) is 2.63. The number of hydrogen-bond acceptors (Lipinski definition) is 3. The normalized spacial score (nSPS) is 10.3. The van der Waals surface area contributed by atoms with Gasteiger partial charge in [0, 0.05) is 12.1 Å². The van der Waals surface area contributed by atoms with Gasteiger partial charge in [-0.15, -0.1) is 0 Å². The number of nitro groups is 1. The summed E-state index contributed by atoms with van der Waals surface area (Å²) in [6, 6.07) is 10.1. The zero-order valence-corrected chi connectivity index (χ0v) is 9.87. The molecule has 0 aliphatic rings. The van der Waals surface area contributed by atoms with Crippen LogP contribution in [0.25, 0.3) is 0 Å². The van der Waals surface area contributed by atoms with Crippen molar-refractivity contribution in [3.8, 4) is 0 Å². The van der Waals surface area contributed by atoms with E-state index in [-0.39, 0.29) is 11.2 Å². The molecule has 2 rings (SSSR count). The minimum atomic E-state index is -0.508. The first-order valence-corrected chi connectivity index (χ1v) is 5.47. The van der Waals surface area contributed by atoms with Crippen LogP contribution in [0.3, 0.4) is 0 Å². The van der Waals surface area contributed by atoms with Crippen molar-refractivity contribution in [1.82, 2.24) is 4.57 Å². The number of nitrogens with zero attached hydrogens (tertiary/aromatic N) is 2. The fraction of sp³-hybridized carbons (Fsp3) is 0.154. The Morgan fingerprint density at radius 2 is 2.06 bits per heavy atom. The van der Waals surface area contributed by atoms with Gasteiger partial charge in [-0.25, -0.2) is 0 Å². The molecule has 0 saturated carbocycles. The van der Waals surface area contributed by atoms with Crippen molar-refractivity contribution in [3.05, 3.63) is 74.2 Å². The van der Waals surface area contributed by atoms with Crippen LogP contribution in [-0.4, -0.2) is 9.49 Å². The van der Waals surface area contributed by atoms with E-state index in [4.69, 9.17) is 0 Å². The molecule has 0 atom stereocenters. The summed E-state index contributed by atoms with van der Waals surface area (Å²) in [7, 11) is 0. The predicted octanol–water partition coefficient (Wildman–Crippen LogP) is 2.11. The van der Waals surface area contributed by atoms with Gasteiger partial charge in [-0.1, -0.05) is 29.8 Å². The molecule has 0 fully saturated rings. The highest BCUT2D eigenvalue weighted by molar-refractivity contribution is 5.27. The highest BCUT2D eigenvalue weighted by Gasteiger charge is 2.07. The van der Waals surface area contributed by atoms with E-state index in [2.05, 4.69) is 0 Å². The molecule has 5 nitrogen and oxygen atoms in total. The van der Waals surface area contributed by atoms with Gasteiger partial charge in [0.15, 0.2) is 0 Å². The van der Waals surface area contributed by atoms with Crippen LogP contribution >= 0.6 is 0 Å². The maximum Gasteiger partial charge on any atom is 0.285 e. The zero-order chi connectivity index (χ0) is 13.1. The molecule has 0 bridgehead atoms. The van der Waals surface area contributed by atoms with Gasteiger partial charge in [0.1, 0.15) is 0 Å². The SMILES string of the molecule is Cc1cccc(Cn2cc([N+](=O)[O-])ccc2=O)c1. The predicted molar refractivity (Wildman–Crippen MR) is 67.6 cm³/mol. The van der Waals surface area contributed by atoms with Crippen LogP contribution < -0.4 is 5.56 Å². The van der Waals surface area contributed by atoms with Crippen molar-refractivity contribution >= 4 is 5.69 Å². The van der Waals surface area contributed by atoms with Crippen LogP contribution in [0, 0.1) is 17.0 Å². The molecule has 0 saturated heterocycles. The summed E-state index contributed by atoms with van der Waals surface area (Å²) in [6.45, 7) is 2.29. The highest BCUT2D eigenvalue weighted by Crippen LogP contribution is 2.09. The molecular formula is C13H12N2O3. The van der Waals surface area contributed by atoms with Gasteiger partial charge in [0.05, 0.1) is 17.7 Å². The van der Waals surface area contributed by atoms with Crippen LogP contribution in [0.1, 0.15) is 11.1 Å². The number of pyridine rings is 1. The lowest BCUT2D eigenvalue weighted by Gasteiger charge is -2.06.